The van der Waals surface area contributed by atoms with E-state index in [-0.39, 0.29) is 0 Å². The molecule has 2 heterocycles. The largest absolute Gasteiger partial charge is 0.371 e. The zero-order chi connectivity index (χ0) is 21.8. The molecule has 31 heavy (non-hydrogen) atoms. The summed E-state index contributed by atoms with van der Waals surface area (Å²) in [6.07, 6.45) is 9.56. The van der Waals surface area contributed by atoms with Crippen LogP contribution in [0.2, 0.25) is 0 Å². The van der Waals surface area contributed by atoms with Crippen LogP contribution in [0.5, 0.6) is 0 Å². The third-order valence-electron chi connectivity index (χ3n) is 6.27. The van der Waals surface area contributed by atoms with E-state index in [0.717, 1.165) is 38.4 Å². The van der Waals surface area contributed by atoms with Gasteiger partial charge in [0.2, 0.25) is 0 Å². The van der Waals surface area contributed by atoms with Gasteiger partial charge in [0.05, 0.1) is 0 Å². The Morgan fingerprint density at radius 3 is 2.52 bits per heavy atom. The number of thioether (sulfide) groups is 1. The summed E-state index contributed by atoms with van der Waals surface area (Å²) in [5, 5.41) is 0. The van der Waals surface area contributed by atoms with Crippen molar-refractivity contribution in [2.24, 2.45) is 5.92 Å². The molecule has 0 unspecified atom stereocenters. The van der Waals surface area contributed by atoms with Crippen LogP contribution in [0, 0.1) is 17.6 Å². The summed E-state index contributed by atoms with van der Waals surface area (Å²) >= 11 is 1.75. The zero-order valence-electron chi connectivity index (χ0n) is 18.1. The highest BCUT2D eigenvalue weighted by Crippen LogP contribution is 2.38. The number of benzene rings is 2. The van der Waals surface area contributed by atoms with Gasteiger partial charge in [-0.2, -0.15) is 0 Å². The van der Waals surface area contributed by atoms with Crippen molar-refractivity contribution in [3.63, 3.8) is 0 Å². The minimum absolute atomic E-state index is 0.412. The molecule has 2 aromatic carbocycles. The second kappa shape index (κ2) is 9.82. The molecule has 5 heteroatoms. The number of rotatable bonds is 6. The summed E-state index contributed by atoms with van der Waals surface area (Å²) in [7, 11) is 0. The zero-order valence-corrected chi connectivity index (χ0v) is 18.9. The predicted octanol–water partition coefficient (Wildman–Crippen LogP) is 6.77. The van der Waals surface area contributed by atoms with Crippen molar-refractivity contribution in [2.75, 3.05) is 24.2 Å². The van der Waals surface area contributed by atoms with Crippen molar-refractivity contribution >= 4 is 17.4 Å². The van der Waals surface area contributed by atoms with Crippen LogP contribution < -0.4 is 4.90 Å². The van der Waals surface area contributed by atoms with Crippen LogP contribution in [0.1, 0.15) is 30.9 Å². The van der Waals surface area contributed by atoms with Crippen LogP contribution in [0.25, 0.3) is 11.1 Å². The highest BCUT2D eigenvalue weighted by atomic mass is 32.2. The smallest absolute Gasteiger partial charge is 0.129 e. The van der Waals surface area contributed by atoms with E-state index in [1.54, 1.807) is 17.8 Å². The third-order valence-corrected chi connectivity index (χ3v) is 6.99. The van der Waals surface area contributed by atoms with Gasteiger partial charge < -0.3 is 4.90 Å². The molecule has 0 atom stereocenters. The molecule has 4 rings (SSSR count). The van der Waals surface area contributed by atoms with E-state index in [4.69, 9.17) is 0 Å². The topological polar surface area (TPSA) is 16.1 Å². The van der Waals surface area contributed by atoms with Crippen LogP contribution >= 0.6 is 11.8 Å². The number of piperidine rings is 1. The molecule has 0 aliphatic carbocycles. The van der Waals surface area contributed by atoms with Crippen molar-refractivity contribution < 1.29 is 8.78 Å². The molecule has 162 valence electrons. The number of aromatic nitrogens is 1. The summed E-state index contributed by atoms with van der Waals surface area (Å²) in [5.41, 5.74) is 5.60. The summed E-state index contributed by atoms with van der Waals surface area (Å²) < 4.78 is 27.3. The quantitative estimate of drug-likeness (QED) is 0.395. The highest BCUT2D eigenvalue weighted by Gasteiger charge is 2.23. The van der Waals surface area contributed by atoms with E-state index in [0.29, 0.717) is 17.9 Å². The minimum Gasteiger partial charge on any atom is -0.371 e. The molecule has 0 amide bonds. The van der Waals surface area contributed by atoms with Crippen molar-refractivity contribution in [3.8, 4) is 11.1 Å². The SMILES string of the molecule is CCc1ccncc1-c1cc(SC)ccc1N1CCC(Cc2ccc(F)cc2F)CC1. The molecule has 1 aliphatic rings. The Bertz CT molecular complexity index is 1050. The molecule has 3 aromatic rings. The summed E-state index contributed by atoms with van der Waals surface area (Å²) in [6.45, 7) is 4.04. The number of hydrogen-bond donors (Lipinski definition) is 0. The molecule has 0 N–H and O–H groups in total. The normalized spacial score (nSPS) is 14.8. The molecular weight excluding hydrogens is 410 g/mol. The first kappa shape index (κ1) is 21.8. The predicted molar refractivity (Wildman–Crippen MR) is 126 cm³/mol. The van der Waals surface area contributed by atoms with Crippen molar-refractivity contribution in [1.82, 2.24) is 4.98 Å². The van der Waals surface area contributed by atoms with E-state index < -0.39 is 11.6 Å². The fourth-order valence-corrected chi connectivity index (χ4v) is 4.92. The van der Waals surface area contributed by atoms with Crippen LogP contribution in [-0.2, 0) is 12.8 Å². The molecule has 0 saturated carbocycles. The maximum atomic E-state index is 14.1. The summed E-state index contributed by atoms with van der Waals surface area (Å²) in [5.74, 6) is -0.532. The molecule has 0 radical (unpaired) electrons. The Morgan fingerprint density at radius 2 is 1.81 bits per heavy atom. The number of nitrogens with zero attached hydrogens (tertiary/aromatic N) is 2. The van der Waals surface area contributed by atoms with Gasteiger partial charge in [-0.1, -0.05) is 13.0 Å². The van der Waals surface area contributed by atoms with Gasteiger partial charge in [0.1, 0.15) is 11.6 Å². The van der Waals surface area contributed by atoms with Gasteiger partial charge in [-0.15, -0.1) is 11.8 Å². The van der Waals surface area contributed by atoms with Gasteiger partial charge in [-0.25, -0.2) is 8.78 Å². The van der Waals surface area contributed by atoms with E-state index in [2.05, 4.69) is 47.3 Å². The Kier molecular flexibility index (Phi) is 6.91. The average molecular weight is 439 g/mol. The van der Waals surface area contributed by atoms with Gasteiger partial charge in [-0.3, -0.25) is 4.98 Å². The molecular formula is C26H28F2N2S. The first-order valence-corrected chi connectivity index (χ1v) is 12.1. The van der Waals surface area contributed by atoms with Gasteiger partial charge in [0.15, 0.2) is 0 Å². The molecule has 1 fully saturated rings. The monoisotopic (exact) mass is 438 g/mol. The lowest BCUT2D eigenvalue weighted by Gasteiger charge is -2.35. The van der Waals surface area contributed by atoms with Crippen LogP contribution in [-0.4, -0.2) is 24.3 Å². The van der Waals surface area contributed by atoms with Crippen molar-refractivity contribution in [2.45, 2.75) is 37.5 Å². The van der Waals surface area contributed by atoms with Crippen LogP contribution in [0.3, 0.4) is 0 Å². The Hall–Kier alpha value is -2.40. The molecule has 1 aromatic heterocycles. The minimum atomic E-state index is -0.515. The molecule has 0 bridgehead atoms. The fourth-order valence-electron chi connectivity index (χ4n) is 4.48. The number of pyridine rings is 1. The number of hydrogen-bond acceptors (Lipinski definition) is 3. The second-order valence-corrected chi connectivity index (χ2v) is 9.02. The lowest BCUT2D eigenvalue weighted by atomic mass is 9.89. The van der Waals surface area contributed by atoms with E-state index in [1.165, 1.54) is 33.3 Å². The lowest BCUT2D eigenvalue weighted by molar-refractivity contribution is 0.397. The molecule has 2 nitrogen and oxygen atoms in total. The Labute approximate surface area is 187 Å². The van der Waals surface area contributed by atoms with E-state index >= 15 is 0 Å². The first-order chi connectivity index (χ1) is 15.1. The van der Waals surface area contributed by atoms with Crippen LogP contribution in [0.15, 0.2) is 59.8 Å². The van der Waals surface area contributed by atoms with E-state index in [9.17, 15) is 8.78 Å². The molecule has 1 saturated heterocycles. The highest BCUT2D eigenvalue weighted by molar-refractivity contribution is 7.98. The number of aryl methyl sites for hydroxylation is 1. The van der Waals surface area contributed by atoms with Gasteiger partial charge in [-0.05, 0) is 79.3 Å². The van der Waals surface area contributed by atoms with Gasteiger partial charge in [0.25, 0.3) is 0 Å². The molecule has 0 spiro atoms. The van der Waals surface area contributed by atoms with Crippen molar-refractivity contribution in [1.29, 1.82) is 0 Å². The summed E-state index contributed by atoms with van der Waals surface area (Å²) in [6, 6.07) is 12.7. The lowest BCUT2D eigenvalue weighted by Crippen LogP contribution is -2.34. The van der Waals surface area contributed by atoms with E-state index in [1.807, 2.05) is 12.4 Å². The summed E-state index contributed by atoms with van der Waals surface area (Å²) in [4.78, 5) is 8.09. The number of anilines is 1. The van der Waals surface area contributed by atoms with Crippen LogP contribution in [0.4, 0.5) is 14.5 Å². The average Bonchev–Trinajstić information content (AvgIpc) is 2.81. The fraction of sp³-hybridized carbons (Fsp3) is 0.346. The maximum Gasteiger partial charge on any atom is 0.129 e. The Balaban J connectivity index is 1.54. The second-order valence-electron chi connectivity index (χ2n) is 8.14. The molecule has 1 aliphatic heterocycles. The van der Waals surface area contributed by atoms with Crippen molar-refractivity contribution in [3.05, 3.63) is 77.6 Å². The standard InChI is InChI=1S/C26H28F2N2S/c1-3-19-8-11-29-17-24(19)23-16-22(31-2)6-7-26(23)30-12-9-18(10-13-30)14-20-4-5-21(27)15-25(20)28/h4-8,11,15-18H,3,9-10,12-14H2,1-2H3. The van der Waals surface area contributed by atoms with Gasteiger partial charge >= 0.3 is 0 Å². The first-order valence-electron chi connectivity index (χ1n) is 10.9. The van der Waals surface area contributed by atoms with Gasteiger partial charge in [0, 0.05) is 53.3 Å². The maximum absolute atomic E-state index is 14.1. The third kappa shape index (κ3) is 4.93. The Morgan fingerprint density at radius 1 is 1.00 bits per heavy atom. The number of halogens is 2.